The number of amides is 2. The van der Waals surface area contributed by atoms with Crippen molar-refractivity contribution in [1.82, 2.24) is 10.6 Å². The molecule has 344 valence electrons. The third-order valence-electron chi connectivity index (χ3n) is 11.2. The second-order valence-corrected chi connectivity index (χ2v) is 16.9. The van der Waals surface area contributed by atoms with Crippen LogP contribution in [0.2, 0.25) is 0 Å². The van der Waals surface area contributed by atoms with E-state index < -0.39 is 24.5 Å². The smallest absolute Gasteiger partial charge is 0.328 e. The summed E-state index contributed by atoms with van der Waals surface area (Å²) in [7, 11) is 0. The molecule has 0 aliphatic carbocycles. The first kappa shape index (κ1) is 56.3. The minimum Gasteiger partial charge on any atom is -0.480 e. The molecule has 2 atom stereocenters. The number of aliphatic carboxylic acids is 1. The number of carboxylic acid groups (broad SMARTS) is 1. The predicted octanol–water partition coefficient (Wildman–Crippen LogP) is 12.8. The van der Waals surface area contributed by atoms with Gasteiger partial charge in [-0.15, -0.1) is 0 Å². The molecule has 0 aliphatic heterocycles. The molecule has 0 heterocycles. The lowest BCUT2D eigenvalue weighted by Crippen LogP contribution is -2.47. The van der Waals surface area contributed by atoms with Crippen LogP contribution in [0.5, 0.6) is 0 Å². The standard InChI is InChI=1S/C50H92N2O7/c1-3-5-7-9-11-13-15-17-18-19-20-21-23-25-27-29-34-38-42-49(56)59-45(39-35-31-28-26-24-22-16-14-12-10-8-6-4-2)40-36-32-30-33-37-41-47(54)51-43-48(55)52-46(44-53)50(57)58/h18-19,26,28,45-46,53H,3-17,20-25,27,29-44H2,1-2H3,(H,51,54)(H,52,55)(H,57,58)/b19-18-,28-26-. The van der Waals surface area contributed by atoms with Crippen LogP contribution in [-0.2, 0) is 23.9 Å². The first-order valence-electron chi connectivity index (χ1n) is 24.7. The van der Waals surface area contributed by atoms with Gasteiger partial charge in [0.1, 0.15) is 12.1 Å². The summed E-state index contributed by atoms with van der Waals surface area (Å²) in [6.07, 6.45) is 50.7. The molecule has 2 amide bonds. The van der Waals surface area contributed by atoms with E-state index in [2.05, 4.69) is 48.8 Å². The predicted molar refractivity (Wildman–Crippen MR) is 245 cm³/mol. The summed E-state index contributed by atoms with van der Waals surface area (Å²) < 4.78 is 6.04. The quantitative estimate of drug-likeness (QED) is 0.0272. The molecule has 0 radical (unpaired) electrons. The van der Waals surface area contributed by atoms with E-state index in [1.807, 2.05) is 0 Å². The largest absolute Gasteiger partial charge is 0.480 e. The summed E-state index contributed by atoms with van der Waals surface area (Å²) >= 11 is 0. The Morgan fingerprint density at radius 1 is 0.492 bits per heavy atom. The molecule has 0 rings (SSSR count). The lowest BCUT2D eigenvalue weighted by Gasteiger charge is -2.18. The number of esters is 1. The van der Waals surface area contributed by atoms with Crippen LogP contribution in [0, 0.1) is 0 Å². The van der Waals surface area contributed by atoms with Gasteiger partial charge in [0.15, 0.2) is 0 Å². The maximum absolute atomic E-state index is 12.8. The number of carbonyl (C=O) groups is 4. The molecular formula is C50H92N2O7. The minimum atomic E-state index is -1.38. The number of aliphatic hydroxyl groups excluding tert-OH is 1. The molecule has 0 bridgehead atoms. The Labute approximate surface area is 362 Å². The Morgan fingerprint density at radius 3 is 1.34 bits per heavy atom. The van der Waals surface area contributed by atoms with Crippen LogP contribution in [0.4, 0.5) is 0 Å². The molecule has 0 saturated heterocycles. The third kappa shape index (κ3) is 41.8. The van der Waals surface area contributed by atoms with Gasteiger partial charge in [-0.25, -0.2) is 4.79 Å². The van der Waals surface area contributed by atoms with Crippen molar-refractivity contribution in [3.05, 3.63) is 24.3 Å². The van der Waals surface area contributed by atoms with E-state index in [4.69, 9.17) is 14.9 Å². The Morgan fingerprint density at radius 2 is 0.881 bits per heavy atom. The number of hydrogen-bond donors (Lipinski definition) is 4. The van der Waals surface area contributed by atoms with Crippen LogP contribution >= 0.6 is 0 Å². The second kappa shape index (κ2) is 44.9. The van der Waals surface area contributed by atoms with Crippen LogP contribution < -0.4 is 10.6 Å². The molecular weight excluding hydrogens is 741 g/mol. The van der Waals surface area contributed by atoms with Gasteiger partial charge in [0.05, 0.1) is 13.2 Å². The number of hydrogen-bond acceptors (Lipinski definition) is 6. The van der Waals surface area contributed by atoms with E-state index in [0.717, 1.165) is 70.6 Å². The summed E-state index contributed by atoms with van der Waals surface area (Å²) in [6.45, 7) is 3.50. The van der Waals surface area contributed by atoms with Crippen molar-refractivity contribution in [2.24, 2.45) is 0 Å². The van der Waals surface area contributed by atoms with Crippen molar-refractivity contribution < 1.29 is 34.1 Å². The first-order valence-corrected chi connectivity index (χ1v) is 24.7. The zero-order chi connectivity index (χ0) is 43.3. The molecule has 0 aromatic rings. The molecule has 9 nitrogen and oxygen atoms in total. The van der Waals surface area contributed by atoms with Crippen molar-refractivity contribution in [2.75, 3.05) is 13.2 Å². The lowest BCUT2D eigenvalue weighted by atomic mass is 10.0. The topological polar surface area (TPSA) is 142 Å². The minimum absolute atomic E-state index is 0.0447. The van der Waals surface area contributed by atoms with E-state index in [0.29, 0.717) is 19.3 Å². The molecule has 2 unspecified atom stereocenters. The molecule has 0 aromatic heterocycles. The zero-order valence-electron chi connectivity index (χ0n) is 38.3. The second-order valence-electron chi connectivity index (χ2n) is 16.9. The SMILES string of the molecule is CCCCCCCCC/C=C\CCCCCCCCCC(=O)OC(CCC/C=C\CCCCCCCCCC)CCCCCCCC(=O)NCC(=O)NC(CO)C(=O)O. The van der Waals surface area contributed by atoms with Gasteiger partial charge in [-0.05, 0) is 83.5 Å². The highest BCUT2D eigenvalue weighted by Crippen LogP contribution is 2.18. The molecule has 0 aromatic carbocycles. The molecule has 0 fully saturated rings. The number of carboxylic acids is 1. The normalized spacial score (nSPS) is 12.6. The van der Waals surface area contributed by atoms with Gasteiger partial charge >= 0.3 is 11.9 Å². The van der Waals surface area contributed by atoms with Gasteiger partial charge in [-0.3, -0.25) is 14.4 Å². The zero-order valence-corrected chi connectivity index (χ0v) is 38.3. The Balaban J connectivity index is 4.31. The van der Waals surface area contributed by atoms with E-state index >= 15 is 0 Å². The fraction of sp³-hybridized carbons (Fsp3) is 0.840. The average molecular weight is 833 g/mol. The monoisotopic (exact) mass is 833 g/mol. The van der Waals surface area contributed by atoms with Gasteiger partial charge in [-0.2, -0.15) is 0 Å². The van der Waals surface area contributed by atoms with Gasteiger partial charge in [0.25, 0.3) is 0 Å². The van der Waals surface area contributed by atoms with Gasteiger partial charge in [-0.1, -0.05) is 173 Å². The summed E-state index contributed by atoms with van der Waals surface area (Å²) in [6, 6.07) is -1.38. The number of nitrogens with one attached hydrogen (secondary N) is 2. The fourth-order valence-electron chi connectivity index (χ4n) is 7.36. The van der Waals surface area contributed by atoms with Crippen molar-refractivity contribution in [3.63, 3.8) is 0 Å². The number of carbonyl (C=O) groups excluding carboxylic acids is 3. The van der Waals surface area contributed by atoms with Gasteiger partial charge in [0, 0.05) is 12.8 Å². The number of aliphatic hydroxyl groups is 1. The van der Waals surface area contributed by atoms with Crippen molar-refractivity contribution in [3.8, 4) is 0 Å². The fourth-order valence-corrected chi connectivity index (χ4v) is 7.36. The number of unbranched alkanes of at least 4 members (excludes halogenated alkanes) is 27. The average Bonchev–Trinajstić information content (AvgIpc) is 3.22. The highest BCUT2D eigenvalue weighted by Gasteiger charge is 2.19. The molecule has 0 spiro atoms. The molecule has 9 heteroatoms. The van der Waals surface area contributed by atoms with Gasteiger partial charge < -0.3 is 25.6 Å². The highest BCUT2D eigenvalue weighted by molar-refractivity contribution is 5.87. The van der Waals surface area contributed by atoms with Crippen LogP contribution in [0.25, 0.3) is 0 Å². The first-order chi connectivity index (χ1) is 28.8. The molecule has 4 N–H and O–H groups in total. The summed E-state index contributed by atoms with van der Waals surface area (Å²) in [5, 5.41) is 22.6. The van der Waals surface area contributed by atoms with Crippen molar-refractivity contribution in [2.45, 2.75) is 257 Å². The van der Waals surface area contributed by atoms with Crippen molar-refractivity contribution >= 4 is 23.8 Å². The van der Waals surface area contributed by atoms with Crippen LogP contribution in [-0.4, -0.2) is 59.3 Å². The Kier molecular flexibility index (Phi) is 42.8. The van der Waals surface area contributed by atoms with Crippen LogP contribution in [0.3, 0.4) is 0 Å². The Hall–Kier alpha value is -2.68. The summed E-state index contributed by atoms with van der Waals surface area (Å²) in [4.78, 5) is 47.7. The summed E-state index contributed by atoms with van der Waals surface area (Å²) in [5.41, 5.74) is 0. The highest BCUT2D eigenvalue weighted by atomic mass is 16.5. The third-order valence-corrected chi connectivity index (χ3v) is 11.2. The van der Waals surface area contributed by atoms with E-state index in [1.54, 1.807) is 0 Å². The van der Waals surface area contributed by atoms with E-state index in [9.17, 15) is 19.2 Å². The number of rotatable bonds is 45. The van der Waals surface area contributed by atoms with E-state index in [1.165, 1.54) is 141 Å². The Bertz CT molecular complexity index is 1050. The molecule has 0 saturated carbocycles. The van der Waals surface area contributed by atoms with Crippen LogP contribution in [0.1, 0.15) is 245 Å². The van der Waals surface area contributed by atoms with Gasteiger partial charge in [0.2, 0.25) is 11.8 Å². The molecule has 0 aliphatic rings. The maximum atomic E-state index is 12.8. The lowest BCUT2D eigenvalue weighted by molar-refractivity contribution is -0.150. The van der Waals surface area contributed by atoms with E-state index in [-0.39, 0.29) is 24.5 Å². The van der Waals surface area contributed by atoms with Crippen molar-refractivity contribution in [1.29, 1.82) is 0 Å². The number of ether oxygens (including phenoxy) is 1. The maximum Gasteiger partial charge on any atom is 0.328 e. The summed E-state index contributed by atoms with van der Waals surface area (Å²) in [5.74, 6) is -2.30. The van der Waals surface area contributed by atoms with Crippen LogP contribution in [0.15, 0.2) is 24.3 Å². The molecule has 59 heavy (non-hydrogen) atoms. The number of allylic oxidation sites excluding steroid dienone is 4.